The minimum Gasteiger partial charge on any atom is -0.355 e. The summed E-state index contributed by atoms with van der Waals surface area (Å²) < 4.78 is 4.79. The van der Waals surface area contributed by atoms with E-state index in [0.717, 1.165) is 70.1 Å². The fourth-order valence-electron chi connectivity index (χ4n) is 6.34. The van der Waals surface area contributed by atoms with Crippen molar-refractivity contribution in [2.75, 3.05) is 5.32 Å². The van der Waals surface area contributed by atoms with E-state index in [1.807, 2.05) is 30.4 Å². The van der Waals surface area contributed by atoms with E-state index in [1.54, 1.807) is 0 Å². The van der Waals surface area contributed by atoms with Crippen LogP contribution in [0.1, 0.15) is 31.2 Å². The average Bonchev–Trinajstić information content (AvgIpc) is 3.61. The zero-order valence-corrected chi connectivity index (χ0v) is 26.9. The predicted octanol–water partition coefficient (Wildman–Crippen LogP) is 12.0. The molecule has 2 atom stereocenters. The topological polar surface area (TPSA) is 37.8 Å². The van der Waals surface area contributed by atoms with Crippen LogP contribution in [0, 0.1) is 11.8 Å². The molecule has 5 aromatic rings. The number of para-hydroxylation sites is 1. The lowest BCUT2D eigenvalue weighted by Crippen LogP contribution is -2.19. The summed E-state index contributed by atoms with van der Waals surface area (Å²) in [4.78, 5) is 5.00. The molecule has 1 N–H and O–H groups in total. The molecule has 0 saturated carbocycles. The summed E-state index contributed by atoms with van der Waals surface area (Å²) in [6, 6.07) is 35.9. The number of aromatic nitrogens is 2. The van der Waals surface area contributed by atoms with Gasteiger partial charge in [0.1, 0.15) is 5.01 Å². The van der Waals surface area contributed by atoms with Gasteiger partial charge in [0.15, 0.2) is 5.82 Å². The van der Waals surface area contributed by atoms with Crippen molar-refractivity contribution in [1.82, 2.24) is 9.36 Å². The molecule has 46 heavy (non-hydrogen) atoms. The van der Waals surface area contributed by atoms with Gasteiger partial charge in [0.05, 0.1) is 0 Å². The molecule has 1 aliphatic carbocycles. The molecule has 1 unspecified atom stereocenters. The molecule has 0 spiro atoms. The maximum atomic E-state index is 5.00. The number of anilines is 2. The van der Waals surface area contributed by atoms with Crippen LogP contribution in [0.5, 0.6) is 0 Å². The largest absolute Gasteiger partial charge is 0.355 e. The van der Waals surface area contributed by atoms with Gasteiger partial charge < -0.3 is 5.32 Å². The summed E-state index contributed by atoms with van der Waals surface area (Å²) >= 11 is 1.43. The van der Waals surface area contributed by atoms with Crippen molar-refractivity contribution in [3.63, 3.8) is 0 Å². The van der Waals surface area contributed by atoms with Crippen molar-refractivity contribution >= 4 is 28.5 Å². The summed E-state index contributed by atoms with van der Waals surface area (Å²) in [6.07, 6.45) is 19.3. The lowest BCUT2D eigenvalue weighted by Gasteiger charge is -2.32. The van der Waals surface area contributed by atoms with Gasteiger partial charge >= 0.3 is 0 Å². The van der Waals surface area contributed by atoms with Crippen LogP contribution in [0.2, 0.25) is 0 Å². The SMILES string of the molecule is C=C/C=C\CCC1CC=CC[C@H]1/C(=C\C=C)c1ccccc1Nc1cccc(-c2nc(-c3ccccc3-c3ccccc3)ns2)c1. The Balaban J connectivity index is 1.26. The van der Waals surface area contributed by atoms with Crippen LogP contribution in [0.4, 0.5) is 11.4 Å². The fraction of sp³-hybridized carbons (Fsp3) is 0.143. The second kappa shape index (κ2) is 15.3. The van der Waals surface area contributed by atoms with Gasteiger partial charge in [0.25, 0.3) is 0 Å². The van der Waals surface area contributed by atoms with Gasteiger partial charge in [-0.1, -0.05) is 141 Å². The Bertz CT molecular complexity index is 1880. The molecule has 0 aliphatic heterocycles. The van der Waals surface area contributed by atoms with E-state index in [-0.39, 0.29) is 0 Å². The number of rotatable bonds is 12. The summed E-state index contributed by atoms with van der Waals surface area (Å²) in [7, 11) is 0. The highest BCUT2D eigenvalue weighted by Gasteiger charge is 2.27. The quantitative estimate of drug-likeness (QED) is 0.112. The summed E-state index contributed by atoms with van der Waals surface area (Å²) in [5, 5.41) is 4.64. The van der Waals surface area contributed by atoms with E-state index in [0.29, 0.717) is 11.8 Å². The zero-order chi connectivity index (χ0) is 31.6. The van der Waals surface area contributed by atoms with Gasteiger partial charge in [0.2, 0.25) is 0 Å². The first-order chi connectivity index (χ1) is 22.7. The van der Waals surface area contributed by atoms with Crippen molar-refractivity contribution in [3.8, 4) is 33.1 Å². The van der Waals surface area contributed by atoms with E-state index in [9.17, 15) is 0 Å². The van der Waals surface area contributed by atoms with Crippen LogP contribution in [-0.2, 0) is 0 Å². The number of nitrogens with one attached hydrogen (secondary N) is 1. The minimum absolute atomic E-state index is 0.424. The minimum atomic E-state index is 0.424. The summed E-state index contributed by atoms with van der Waals surface area (Å²) in [6.45, 7) is 7.90. The van der Waals surface area contributed by atoms with Gasteiger partial charge in [0, 0.05) is 28.1 Å². The lowest BCUT2D eigenvalue weighted by molar-refractivity contribution is 0.373. The van der Waals surface area contributed by atoms with Gasteiger partial charge in [-0.15, -0.1) is 0 Å². The summed E-state index contributed by atoms with van der Waals surface area (Å²) in [5.74, 6) is 1.74. The second-order valence-electron chi connectivity index (χ2n) is 11.5. The monoisotopic (exact) mass is 617 g/mol. The number of hydrogen-bond acceptors (Lipinski definition) is 4. The maximum Gasteiger partial charge on any atom is 0.174 e. The maximum absolute atomic E-state index is 5.00. The van der Waals surface area contributed by atoms with Gasteiger partial charge in [-0.05, 0) is 84.0 Å². The first-order valence-corrected chi connectivity index (χ1v) is 16.7. The summed E-state index contributed by atoms with van der Waals surface area (Å²) in [5.41, 5.74) is 9.01. The molecule has 0 saturated heterocycles. The molecule has 1 aliphatic rings. The molecule has 4 heteroatoms. The smallest absolute Gasteiger partial charge is 0.174 e. The van der Waals surface area contributed by atoms with Crippen LogP contribution in [0.15, 0.2) is 159 Å². The molecule has 6 rings (SSSR count). The Hall–Kier alpha value is -5.06. The van der Waals surface area contributed by atoms with Crippen molar-refractivity contribution in [2.45, 2.75) is 25.7 Å². The zero-order valence-electron chi connectivity index (χ0n) is 26.1. The third kappa shape index (κ3) is 7.25. The van der Waals surface area contributed by atoms with Crippen LogP contribution >= 0.6 is 11.5 Å². The standard InChI is InChI=1S/C42H39N3S/c1-3-5-6-8-19-31-22-11-12-25-35(31)37(18-4-2)38-27-15-16-29-40(38)43-34-24-17-23-33(30-34)42-44-41(45-46-42)39-28-14-13-26-36(39)32-20-9-7-10-21-32/h3-7,9-18,20-21,23-24,26-31,35,43H,1-2,8,19,22,25H2/b6-5-,37-18+/t31?,35-/m1/s1. The first-order valence-electron chi connectivity index (χ1n) is 16.0. The van der Waals surface area contributed by atoms with E-state index in [1.165, 1.54) is 22.7 Å². The Labute approximate surface area is 277 Å². The van der Waals surface area contributed by atoms with E-state index >= 15 is 0 Å². The third-order valence-corrected chi connectivity index (χ3v) is 9.31. The van der Waals surface area contributed by atoms with Gasteiger partial charge in [-0.2, -0.15) is 4.37 Å². The first kappa shape index (κ1) is 30.9. The van der Waals surface area contributed by atoms with Crippen molar-refractivity contribution in [1.29, 1.82) is 0 Å². The van der Waals surface area contributed by atoms with Gasteiger partial charge in [-0.25, -0.2) is 4.98 Å². The fourth-order valence-corrected chi connectivity index (χ4v) is 7.01. The van der Waals surface area contributed by atoms with E-state index in [4.69, 9.17) is 9.36 Å². The predicted molar refractivity (Wildman–Crippen MR) is 198 cm³/mol. The highest BCUT2D eigenvalue weighted by molar-refractivity contribution is 7.09. The molecule has 0 amide bonds. The molecule has 0 bridgehead atoms. The van der Waals surface area contributed by atoms with Crippen LogP contribution in [0.25, 0.3) is 38.7 Å². The number of benzene rings is 4. The molecule has 1 heterocycles. The molecule has 1 aromatic heterocycles. The molecule has 3 nitrogen and oxygen atoms in total. The normalized spacial score (nSPS) is 16.4. The molecule has 228 valence electrons. The number of nitrogens with zero attached hydrogens (tertiary/aromatic N) is 2. The Morgan fingerprint density at radius 2 is 1.57 bits per heavy atom. The van der Waals surface area contributed by atoms with Crippen LogP contribution in [-0.4, -0.2) is 9.36 Å². The average molecular weight is 618 g/mol. The molecular weight excluding hydrogens is 579 g/mol. The van der Waals surface area contributed by atoms with Crippen molar-refractivity contribution in [3.05, 3.63) is 164 Å². The Morgan fingerprint density at radius 1 is 0.804 bits per heavy atom. The second-order valence-corrected chi connectivity index (χ2v) is 12.2. The number of hydrogen-bond donors (Lipinski definition) is 1. The molecule has 0 radical (unpaired) electrons. The molecule has 0 fully saturated rings. The third-order valence-electron chi connectivity index (χ3n) is 8.54. The molecular formula is C42H39N3S. The highest BCUT2D eigenvalue weighted by atomic mass is 32.1. The number of allylic oxidation sites excluding steroid dienone is 8. The van der Waals surface area contributed by atoms with E-state index in [2.05, 4.69) is 134 Å². The van der Waals surface area contributed by atoms with Gasteiger partial charge in [-0.3, -0.25) is 0 Å². The van der Waals surface area contributed by atoms with E-state index < -0.39 is 0 Å². The van der Waals surface area contributed by atoms with Crippen LogP contribution in [0.3, 0.4) is 0 Å². The van der Waals surface area contributed by atoms with Crippen molar-refractivity contribution in [2.24, 2.45) is 11.8 Å². The van der Waals surface area contributed by atoms with Crippen molar-refractivity contribution < 1.29 is 0 Å². The molecule has 4 aromatic carbocycles. The lowest BCUT2D eigenvalue weighted by atomic mass is 9.73. The van der Waals surface area contributed by atoms with Crippen LogP contribution < -0.4 is 5.32 Å². The Kier molecular flexibility index (Phi) is 10.3. The Morgan fingerprint density at radius 3 is 2.41 bits per heavy atom. The highest BCUT2D eigenvalue weighted by Crippen LogP contribution is 2.42.